The molecule has 3 rings (SSSR count). The van der Waals surface area contributed by atoms with E-state index in [4.69, 9.17) is 19.2 Å². The van der Waals surface area contributed by atoms with Crippen molar-refractivity contribution in [3.63, 3.8) is 0 Å². The number of hydrogen-bond acceptors (Lipinski definition) is 6. The van der Waals surface area contributed by atoms with Gasteiger partial charge in [-0.2, -0.15) is 0 Å². The predicted octanol–water partition coefficient (Wildman–Crippen LogP) is 3.30. The summed E-state index contributed by atoms with van der Waals surface area (Å²) in [5.74, 6) is 2.11. The zero-order valence-corrected chi connectivity index (χ0v) is 15.3. The molecule has 0 N–H and O–H groups in total. The Morgan fingerprint density at radius 1 is 1.33 bits per heavy atom. The number of benzene rings is 1. The summed E-state index contributed by atoms with van der Waals surface area (Å²) in [5.41, 5.74) is 2.06. The van der Waals surface area contributed by atoms with Crippen LogP contribution in [0.25, 0.3) is 10.6 Å². The van der Waals surface area contributed by atoms with Gasteiger partial charge in [-0.15, -0.1) is 11.3 Å². The number of para-hydroxylation sites is 1. The number of methoxy groups -OCH3 is 2. The number of hydrogen-bond donors (Lipinski definition) is 0. The fourth-order valence-corrected chi connectivity index (χ4v) is 3.90. The summed E-state index contributed by atoms with van der Waals surface area (Å²) in [6.45, 7) is 3.68. The molecule has 1 fully saturated rings. The maximum atomic E-state index is 5.52. The fraction of sp³-hybridized carbons (Fsp3) is 0.500. The number of rotatable bonds is 7. The molecule has 0 amide bonds. The Morgan fingerprint density at radius 3 is 2.92 bits per heavy atom. The lowest BCUT2D eigenvalue weighted by atomic mass is 10.1. The lowest BCUT2D eigenvalue weighted by molar-refractivity contribution is 0.172. The van der Waals surface area contributed by atoms with E-state index in [1.807, 2.05) is 18.2 Å². The number of ether oxygens (including phenoxy) is 3. The quantitative estimate of drug-likeness (QED) is 0.768. The summed E-state index contributed by atoms with van der Waals surface area (Å²) in [6, 6.07) is 5.88. The number of nitrogens with zero attached hydrogens (tertiary/aromatic N) is 2. The molecule has 24 heavy (non-hydrogen) atoms. The highest BCUT2D eigenvalue weighted by Gasteiger charge is 2.19. The lowest BCUT2D eigenvalue weighted by Gasteiger charge is -2.18. The molecule has 1 aliphatic heterocycles. The minimum Gasteiger partial charge on any atom is -0.493 e. The minimum absolute atomic E-state index is 0.645. The molecule has 0 spiro atoms. The van der Waals surface area contributed by atoms with Crippen molar-refractivity contribution in [3.05, 3.63) is 29.3 Å². The Bertz CT molecular complexity index is 668. The van der Waals surface area contributed by atoms with Crippen LogP contribution in [-0.2, 0) is 11.3 Å². The van der Waals surface area contributed by atoms with Gasteiger partial charge < -0.3 is 19.1 Å². The van der Waals surface area contributed by atoms with E-state index in [1.54, 1.807) is 25.6 Å². The molecule has 0 saturated carbocycles. The van der Waals surface area contributed by atoms with Gasteiger partial charge in [0.15, 0.2) is 11.5 Å². The van der Waals surface area contributed by atoms with Crippen LogP contribution >= 0.6 is 11.3 Å². The Morgan fingerprint density at radius 2 is 2.21 bits per heavy atom. The molecule has 0 radical (unpaired) electrons. The van der Waals surface area contributed by atoms with Crippen LogP contribution < -0.4 is 9.47 Å². The molecule has 1 atom stereocenters. The monoisotopic (exact) mass is 348 g/mol. The van der Waals surface area contributed by atoms with E-state index in [0.717, 1.165) is 60.5 Å². The second-order valence-electron chi connectivity index (χ2n) is 6.11. The van der Waals surface area contributed by atoms with Crippen molar-refractivity contribution in [2.75, 3.05) is 41.0 Å². The third-order valence-corrected chi connectivity index (χ3v) is 5.14. The molecule has 1 saturated heterocycles. The summed E-state index contributed by atoms with van der Waals surface area (Å²) in [5, 5.41) is 3.08. The van der Waals surface area contributed by atoms with Crippen LogP contribution in [-0.4, -0.2) is 50.9 Å². The third-order valence-electron chi connectivity index (χ3n) is 4.21. The Kier molecular flexibility index (Phi) is 5.71. The van der Waals surface area contributed by atoms with Crippen molar-refractivity contribution < 1.29 is 14.2 Å². The first-order valence-electron chi connectivity index (χ1n) is 8.13. The van der Waals surface area contributed by atoms with Crippen LogP contribution in [0, 0.1) is 5.92 Å². The van der Waals surface area contributed by atoms with Crippen LogP contribution in [0.3, 0.4) is 0 Å². The zero-order chi connectivity index (χ0) is 16.9. The van der Waals surface area contributed by atoms with Gasteiger partial charge in [-0.25, -0.2) is 4.98 Å². The molecular formula is C18H24N2O3S. The fourth-order valence-electron chi connectivity index (χ4n) is 3.07. The second kappa shape index (κ2) is 7.96. The van der Waals surface area contributed by atoms with Gasteiger partial charge in [-0.05, 0) is 31.5 Å². The topological polar surface area (TPSA) is 43.8 Å². The first kappa shape index (κ1) is 17.2. The van der Waals surface area contributed by atoms with Crippen molar-refractivity contribution in [1.29, 1.82) is 0 Å². The van der Waals surface area contributed by atoms with E-state index in [9.17, 15) is 0 Å². The highest BCUT2D eigenvalue weighted by molar-refractivity contribution is 7.13. The van der Waals surface area contributed by atoms with Crippen LogP contribution in [0.2, 0.25) is 0 Å². The highest BCUT2D eigenvalue weighted by Crippen LogP contribution is 2.39. The third kappa shape index (κ3) is 3.88. The standard InChI is InChI=1S/C18H24N2O3S/c1-20(9-13-7-8-23-11-13)10-14-12-24-18(19-14)15-5-4-6-16(21-2)17(15)22-3/h4-6,12-13H,7-11H2,1-3H3. The molecule has 1 unspecified atom stereocenters. The number of thiazole rings is 1. The summed E-state index contributed by atoms with van der Waals surface area (Å²) < 4.78 is 16.3. The SMILES string of the molecule is COc1cccc(-c2nc(CN(C)CC3CCOC3)cs2)c1OC. The molecule has 2 heterocycles. The smallest absolute Gasteiger partial charge is 0.170 e. The lowest BCUT2D eigenvalue weighted by Crippen LogP contribution is -2.25. The molecule has 2 aromatic rings. The summed E-state index contributed by atoms with van der Waals surface area (Å²) in [6.07, 6.45) is 1.16. The molecule has 0 aliphatic carbocycles. The van der Waals surface area contributed by atoms with Gasteiger partial charge in [0, 0.05) is 25.1 Å². The Hall–Kier alpha value is -1.63. The molecule has 130 valence electrons. The van der Waals surface area contributed by atoms with E-state index in [-0.39, 0.29) is 0 Å². The molecule has 6 heteroatoms. The average molecular weight is 348 g/mol. The first-order valence-corrected chi connectivity index (χ1v) is 9.01. The van der Waals surface area contributed by atoms with E-state index in [0.29, 0.717) is 5.92 Å². The van der Waals surface area contributed by atoms with E-state index < -0.39 is 0 Å². The van der Waals surface area contributed by atoms with Gasteiger partial charge in [-0.3, -0.25) is 0 Å². The van der Waals surface area contributed by atoms with Crippen LogP contribution in [0.15, 0.2) is 23.6 Å². The van der Waals surface area contributed by atoms with Gasteiger partial charge in [0.05, 0.1) is 32.1 Å². The summed E-state index contributed by atoms with van der Waals surface area (Å²) >= 11 is 1.64. The maximum absolute atomic E-state index is 5.52. The first-order chi connectivity index (χ1) is 11.7. The van der Waals surface area contributed by atoms with Crippen LogP contribution in [0.5, 0.6) is 11.5 Å². The van der Waals surface area contributed by atoms with Crippen molar-refractivity contribution in [2.45, 2.75) is 13.0 Å². The Labute approximate surface area is 147 Å². The molecule has 5 nitrogen and oxygen atoms in total. The zero-order valence-electron chi connectivity index (χ0n) is 14.4. The highest BCUT2D eigenvalue weighted by atomic mass is 32.1. The van der Waals surface area contributed by atoms with Gasteiger partial charge >= 0.3 is 0 Å². The summed E-state index contributed by atoms with van der Waals surface area (Å²) in [4.78, 5) is 7.11. The Balaban J connectivity index is 1.71. The molecule has 0 bridgehead atoms. The van der Waals surface area contributed by atoms with Crippen LogP contribution in [0.1, 0.15) is 12.1 Å². The predicted molar refractivity (Wildman–Crippen MR) is 95.9 cm³/mol. The van der Waals surface area contributed by atoms with Gasteiger partial charge in [0.1, 0.15) is 5.01 Å². The molecule has 1 aliphatic rings. The normalized spacial score (nSPS) is 17.4. The van der Waals surface area contributed by atoms with Crippen molar-refractivity contribution in [1.82, 2.24) is 9.88 Å². The van der Waals surface area contributed by atoms with Gasteiger partial charge in [0.25, 0.3) is 0 Å². The van der Waals surface area contributed by atoms with Crippen molar-refractivity contribution >= 4 is 11.3 Å². The van der Waals surface area contributed by atoms with Crippen molar-refractivity contribution in [2.24, 2.45) is 5.92 Å². The average Bonchev–Trinajstić information content (AvgIpc) is 3.25. The van der Waals surface area contributed by atoms with Crippen molar-refractivity contribution in [3.8, 4) is 22.1 Å². The summed E-state index contributed by atoms with van der Waals surface area (Å²) in [7, 11) is 5.45. The van der Waals surface area contributed by atoms with Crippen LogP contribution in [0.4, 0.5) is 0 Å². The van der Waals surface area contributed by atoms with E-state index in [2.05, 4.69) is 17.3 Å². The van der Waals surface area contributed by atoms with Gasteiger partial charge in [-0.1, -0.05) is 6.07 Å². The maximum Gasteiger partial charge on any atom is 0.170 e. The minimum atomic E-state index is 0.645. The molecule has 1 aromatic heterocycles. The molecular weight excluding hydrogens is 324 g/mol. The van der Waals surface area contributed by atoms with E-state index in [1.165, 1.54) is 0 Å². The second-order valence-corrected chi connectivity index (χ2v) is 6.97. The largest absolute Gasteiger partial charge is 0.493 e. The van der Waals surface area contributed by atoms with E-state index >= 15 is 0 Å². The number of aromatic nitrogens is 1. The van der Waals surface area contributed by atoms with Gasteiger partial charge in [0.2, 0.25) is 0 Å². The molecule has 1 aromatic carbocycles.